The molecule has 0 amide bonds. The van der Waals surface area contributed by atoms with Crippen LogP contribution in [0.1, 0.15) is 32.4 Å². The average molecular weight is 338 g/mol. The van der Waals surface area contributed by atoms with Gasteiger partial charge in [0.05, 0.1) is 0 Å². The number of hydrogen-bond donors (Lipinski definition) is 0. The molecule has 2 atom stereocenters. The smallest absolute Gasteiger partial charge is 0.115 e. The van der Waals surface area contributed by atoms with Gasteiger partial charge in [-0.05, 0) is 17.5 Å². The lowest BCUT2D eigenvalue weighted by atomic mass is 9.78. The van der Waals surface area contributed by atoms with E-state index in [1.807, 2.05) is 12.1 Å². The van der Waals surface area contributed by atoms with E-state index in [1.54, 1.807) is 6.07 Å². The third kappa shape index (κ3) is 2.25. The van der Waals surface area contributed by atoms with Crippen molar-refractivity contribution >= 4 is 39.1 Å². The lowest BCUT2D eigenvalue weighted by Crippen LogP contribution is -2.32. The van der Waals surface area contributed by atoms with E-state index in [2.05, 4.69) is 36.7 Å². The number of benzene rings is 1. The zero-order valence-corrected chi connectivity index (χ0v) is 13.2. The summed E-state index contributed by atoms with van der Waals surface area (Å²) < 4.78 is 5.95. The van der Waals surface area contributed by atoms with Gasteiger partial charge < -0.3 is 4.74 Å². The summed E-state index contributed by atoms with van der Waals surface area (Å²) >= 11 is 15.7. The second-order valence-electron chi connectivity index (χ2n) is 5.44. The first-order chi connectivity index (χ1) is 7.82. The van der Waals surface area contributed by atoms with Crippen LogP contribution in [0.3, 0.4) is 0 Å². The second-order valence-corrected chi connectivity index (χ2v) is 6.84. The van der Waals surface area contributed by atoms with Gasteiger partial charge in [0, 0.05) is 20.9 Å². The van der Waals surface area contributed by atoms with Gasteiger partial charge in [-0.15, -0.1) is 0 Å². The molecule has 4 heteroatoms. The van der Waals surface area contributed by atoms with E-state index in [0.717, 1.165) is 10.9 Å². The SMILES string of the molecule is CC(C)(C)C1(CBr)OC1c1ccc(Cl)cc1Cl. The Hall–Kier alpha value is 0.240. The van der Waals surface area contributed by atoms with Crippen LogP contribution in [-0.4, -0.2) is 10.9 Å². The van der Waals surface area contributed by atoms with E-state index in [4.69, 9.17) is 27.9 Å². The van der Waals surface area contributed by atoms with Gasteiger partial charge in [0.25, 0.3) is 0 Å². The fourth-order valence-corrected chi connectivity index (χ4v) is 3.85. The maximum Gasteiger partial charge on any atom is 0.115 e. The second kappa shape index (κ2) is 4.41. The summed E-state index contributed by atoms with van der Waals surface area (Å²) in [5, 5.41) is 2.13. The summed E-state index contributed by atoms with van der Waals surface area (Å²) in [6.45, 7) is 6.54. The highest BCUT2D eigenvalue weighted by atomic mass is 79.9. The topological polar surface area (TPSA) is 12.5 Å². The molecule has 1 aliphatic heterocycles. The van der Waals surface area contributed by atoms with Crippen molar-refractivity contribution in [3.05, 3.63) is 33.8 Å². The van der Waals surface area contributed by atoms with Crippen LogP contribution in [0.5, 0.6) is 0 Å². The fraction of sp³-hybridized carbons (Fsp3) is 0.538. The van der Waals surface area contributed by atoms with Gasteiger partial charge in [-0.2, -0.15) is 0 Å². The molecule has 0 aromatic heterocycles. The monoisotopic (exact) mass is 336 g/mol. The van der Waals surface area contributed by atoms with E-state index in [9.17, 15) is 0 Å². The van der Waals surface area contributed by atoms with Crippen LogP contribution < -0.4 is 0 Å². The van der Waals surface area contributed by atoms with Gasteiger partial charge in [-0.3, -0.25) is 0 Å². The van der Waals surface area contributed by atoms with Gasteiger partial charge in [0.2, 0.25) is 0 Å². The Kier molecular flexibility index (Phi) is 3.55. The highest BCUT2D eigenvalue weighted by Gasteiger charge is 2.63. The normalized spacial score (nSPS) is 28.2. The first-order valence-corrected chi connectivity index (χ1v) is 7.38. The molecule has 1 fully saturated rings. The molecule has 0 radical (unpaired) electrons. The molecule has 1 aromatic rings. The van der Waals surface area contributed by atoms with Crippen LogP contribution in [-0.2, 0) is 4.74 Å². The summed E-state index contributed by atoms with van der Waals surface area (Å²) in [6.07, 6.45) is 0.0478. The number of epoxide rings is 1. The lowest BCUT2D eigenvalue weighted by Gasteiger charge is -2.26. The molecule has 1 nitrogen and oxygen atoms in total. The average Bonchev–Trinajstić information content (AvgIpc) is 2.92. The minimum Gasteiger partial charge on any atom is -0.359 e. The molecule has 17 heavy (non-hydrogen) atoms. The zero-order valence-electron chi connectivity index (χ0n) is 10.1. The Bertz CT molecular complexity index is 442. The van der Waals surface area contributed by atoms with Gasteiger partial charge in [-0.1, -0.05) is 66.0 Å². The molecule has 1 aromatic carbocycles. The highest BCUT2D eigenvalue weighted by Crippen LogP contribution is 2.61. The number of alkyl halides is 1. The third-order valence-electron chi connectivity index (χ3n) is 3.41. The van der Waals surface area contributed by atoms with Crippen molar-refractivity contribution in [3.63, 3.8) is 0 Å². The maximum absolute atomic E-state index is 6.22. The maximum atomic E-state index is 6.22. The largest absolute Gasteiger partial charge is 0.359 e. The van der Waals surface area contributed by atoms with Crippen molar-refractivity contribution in [1.29, 1.82) is 0 Å². The summed E-state index contributed by atoms with van der Waals surface area (Å²) in [6, 6.07) is 5.57. The molecular weight excluding hydrogens is 323 g/mol. The van der Waals surface area contributed by atoms with Crippen LogP contribution in [0.15, 0.2) is 18.2 Å². The zero-order chi connectivity index (χ0) is 12.8. The summed E-state index contributed by atoms with van der Waals surface area (Å²) in [5.41, 5.74) is 0.902. The van der Waals surface area contributed by atoms with E-state index >= 15 is 0 Å². The Labute approximate surface area is 121 Å². The summed E-state index contributed by atoms with van der Waals surface area (Å²) in [7, 11) is 0. The first-order valence-electron chi connectivity index (χ1n) is 5.50. The fourth-order valence-electron chi connectivity index (χ4n) is 2.08. The molecule has 1 aliphatic rings. The van der Waals surface area contributed by atoms with Crippen molar-refractivity contribution in [1.82, 2.24) is 0 Å². The minimum atomic E-state index is -0.176. The quantitative estimate of drug-likeness (QED) is 0.530. The van der Waals surface area contributed by atoms with Crippen LogP contribution in [0, 0.1) is 5.41 Å². The van der Waals surface area contributed by atoms with Crippen LogP contribution in [0.4, 0.5) is 0 Å². The Morgan fingerprint density at radius 3 is 2.41 bits per heavy atom. The van der Waals surface area contributed by atoms with Gasteiger partial charge in [0.15, 0.2) is 0 Å². The molecule has 2 rings (SSSR count). The van der Waals surface area contributed by atoms with Crippen molar-refractivity contribution in [2.24, 2.45) is 5.41 Å². The van der Waals surface area contributed by atoms with Crippen LogP contribution >= 0.6 is 39.1 Å². The first kappa shape index (κ1) is 13.7. The molecule has 2 unspecified atom stereocenters. The Morgan fingerprint density at radius 2 is 2.00 bits per heavy atom. The lowest BCUT2D eigenvalue weighted by molar-refractivity contribution is 0.178. The molecular formula is C13H15BrCl2O. The van der Waals surface area contributed by atoms with E-state index in [-0.39, 0.29) is 17.1 Å². The predicted molar refractivity (Wildman–Crippen MR) is 76.3 cm³/mol. The van der Waals surface area contributed by atoms with Crippen LogP contribution in [0.25, 0.3) is 0 Å². The van der Waals surface area contributed by atoms with Crippen molar-refractivity contribution < 1.29 is 4.74 Å². The summed E-state index contributed by atoms with van der Waals surface area (Å²) in [4.78, 5) is 0. The number of rotatable bonds is 2. The standard InChI is InChI=1S/C13H15BrCl2O/c1-12(2,3)13(7-14)11(17-13)9-5-4-8(15)6-10(9)16/h4-6,11H,7H2,1-3H3. The van der Waals surface area contributed by atoms with Gasteiger partial charge in [-0.25, -0.2) is 0 Å². The number of halogens is 3. The molecule has 0 aliphatic carbocycles. The van der Waals surface area contributed by atoms with E-state index in [0.29, 0.717) is 10.0 Å². The molecule has 94 valence electrons. The van der Waals surface area contributed by atoms with E-state index in [1.165, 1.54) is 0 Å². The van der Waals surface area contributed by atoms with Crippen molar-refractivity contribution in [2.75, 3.05) is 5.33 Å². The molecule has 0 spiro atoms. The number of ether oxygens (including phenoxy) is 1. The molecule has 1 saturated heterocycles. The van der Waals surface area contributed by atoms with Crippen LogP contribution in [0.2, 0.25) is 10.0 Å². The van der Waals surface area contributed by atoms with Crippen molar-refractivity contribution in [3.8, 4) is 0 Å². The van der Waals surface area contributed by atoms with Crippen molar-refractivity contribution in [2.45, 2.75) is 32.5 Å². The number of hydrogen-bond acceptors (Lipinski definition) is 1. The van der Waals surface area contributed by atoms with E-state index < -0.39 is 0 Å². The molecule has 0 bridgehead atoms. The Morgan fingerprint density at radius 1 is 1.35 bits per heavy atom. The predicted octanol–water partition coefficient (Wildman–Crippen LogP) is 5.24. The highest BCUT2D eigenvalue weighted by molar-refractivity contribution is 9.09. The molecule has 0 N–H and O–H groups in total. The Balaban J connectivity index is 2.33. The minimum absolute atomic E-state index is 0.0478. The summed E-state index contributed by atoms with van der Waals surface area (Å²) in [5.74, 6) is 0. The third-order valence-corrected chi connectivity index (χ3v) is 4.80. The van der Waals surface area contributed by atoms with Gasteiger partial charge >= 0.3 is 0 Å². The molecule has 0 saturated carbocycles. The molecule has 1 heterocycles. The van der Waals surface area contributed by atoms with Gasteiger partial charge in [0.1, 0.15) is 11.7 Å².